The number of hydrogen-bond acceptors (Lipinski definition) is 4. The second-order valence-electron chi connectivity index (χ2n) is 5.64. The molecule has 2 heterocycles. The smallest absolute Gasteiger partial charge is 0.244 e. The van der Waals surface area contributed by atoms with Crippen LogP contribution in [0.1, 0.15) is 17.2 Å². The molecular weight excluding hydrogens is 314 g/mol. The molecule has 0 spiro atoms. The summed E-state index contributed by atoms with van der Waals surface area (Å²) >= 11 is 0. The van der Waals surface area contributed by atoms with Gasteiger partial charge in [0, 0.05) is 25.5 Å². The first-order valence-corrected chi connectivity index (χ1v) is 9.29. The van der Waals surface area contributed by atoms with E-state index in [2.05, 4.69) is 5.10 Å². The summed E-state index contributed by atoms with van der Waals surface area (Å²) in [6.45, 7) is 0.827. The van der Waals surface area contributed by atoms with Crippen molar-refractivity contribution >= 4 is 15.7 Å². The molecule has 7 heteroatoms. The van der Waals surface area contributed by atoms with E-state index in [0.29, 0.717) is 13.0 Å². The molecule has 2 aromatic rings. The van der Waals surface area contributed by atoms with Crippen LogP contribution in [0.25, 0.3) is 0 Å². The lowest BCUT2D eigenvalue weighted by Gasteiger charge is -2.20. The summed E-state index contributed by atoms with van der Waals surface area (Å²) < 4.78 is 26.6. The van der Waals surface area contributed by atoms with E-state index in [1.54, 1.807) is 28.0 Å². The molecule has 6 nitrogen and oxygen atoms in total. The van der Waals surface area contributed by atoms with Gasteiger partial charge < -0.3 is 4.90 Å². The molecule has 0 bridgehead atoms. The summed E-state index contributed by atoms with van der Waals surface area (Å²) in [7, 11) is -3.26. The quantitative estimate of drug-likeness (QED) is 0.848. The Balaban J connectivity index is 1.73. The molecule has 0 saturated carbocycles. The molecule has 23 heavy (non-hydrogen) atoms. The minimum Gasteiger partial charge on any atom is -0.340 e. The number of hydrogen-bond donors (Lipinski definition) is 0. The third-order valence-electron chi connectivity index (χ3n) is 4.12. The highest BCUT2D eigenvalue weighted by atomic mass is 32.2. The van der Waals surface area contributed by atoms with Crippen molar-refractivity contribution in [3.8, 4) is 0 Å². The normalized spacial score (nSPS) is 20.9. The SMILES string of the molecule is O=C(Cn1cccn1)N1CCC(c2ccccc2)S(=O)(=O)CC1. The van der Waals surface area contributed by atoms with Gasteiger partial charge in [-0.3, -0.25) is 9.48 Å². The van der Waals surface area contributed by atoms with Crippen LogP contribution in [0.4, 0.5) is 0 Å². The summed E-state index contributed by atoms with van der Waals surface area (Å²) in [5.74, 6) is -0.102. The third kappa shape index (κ3) is 3.61. The minimum absolute atomic E-state index is 0.00257. The van der Waals surface area contributed by atoms with Gasteiger partial charge in [-0.05, 0) is 18.1 Å². The van der Waals surface area contributed by atoms with Gasteiger partial charge in [0.25, 0.3) is 0 Å². The standard InChI is InChI=1S/C16H19N3O3S/c20-16(13-19-9-4-8-17-19)18-10-7-15(23(21,22)12-11-18)14-5-2-1-3-6-14/h1-6,8-9,15H,7,10-13H2. The van der Waals surface area contributed by atoms with Crippen LogP contribution in [-0.2, 0) is 21.2 Å². The average Bonchev–Trinajstić information content (AvgIpc) is 2.98. The highest BCUT2D eigenvalue weighted by Crippen LogP contribution is 2.29. The number of carbonyl (C=O) groups is 1. The monoisotopic (exact) mass is 333 g/mol. The molecule has 1 aromatic heterocycles. The van der Waals surface area contributed by atoms with Gasteiger partial charge in [0.15, 0.2) is 9.84 Å². The van der Waals surface area contributed by atoms with Gasteiger partial charge in [-0.25, -0.2) is 8.42 Å². The summed E-state index contributed by atoms with van der Waals surface area (Å²) in [5, 5.41) is 3.48. The lowest BCUT2D eigenvalue weighted by molar-refractivity contribution is -0.131. The van der Waals surface area contributed by atoms with Crippen molar-refractivity contribution in [2.75, 3.05) is 18.8 Å². The zero-order chi connectivity index (χ0) is 16.3. The topological polar surface area (TPSA) is 72.3 Å². The summed E-state index contributed by atoms with van der Waals surface area (Å²) in [5.41, 5.74) is 0.800. The molecule has 1 saturated heterocycles. The fraction of sp³-hybridized carbons (Fsp3) is 0.375. The number of benzene rings is 1. The van der Waals surface area contributed by atoms with E-state index < -0.39 is 15.1 Å². The maximum Gasteiger partial charge on any atom is 0.244 e. The molecule has 1 aliphatic rings. The second-order valence-corrected chi connectivity index (χ2v) is 7.94. The van der Waals surface area contributed by atoms with Crippen molar-refractivity contribution in [1.29, 1.82) is 0 Å². The third-order valence-corrected chi connectivity index (χ3v) is 6.25. The molecule has 1 amide bonds. The van der Waals surface area contributed by atoms with Crippen LogP contribution in [-0.4, -0.2) is 47.8 Å². The average molecular weight is 333 g/mol. The Morgan fingerprint density at radius 3 is 2.65 bits per heavy atom. The second kappa shape index (κ2) is 6.54. The Labute approximate surface area is 135 Å². The van der Waals surface area contributed by atoms with Gasteiger partial charge in [0.1, 0.15) is 6.54 Å². The lowest BCUT2D eigenvalue weighted by atomic mass is 10.1. The van der Waals surface area contributed by atoms with Gasteiger partial charge in [-0.2, -0.15) is 5.10 Å². The van der Waals surface area contributed by atoms with E-state index in [-0.39, 0.29) is 24.7 Å². The molecule has 0 aliphatic carbocycles. The molecule has 3 rings (SSSR count). The van der Waals surface area contributed by atoms with E-state index >= 15 is 0 Å². The van der Waals surface area contributed by atoms with Crippen molar-refractivity contribution in [2.45, 2.75) is 18.2 Å². The van der Waals surface area contributed by atoms with Crippen LogP contribution in [0.5, 0.6) is 0 Å². The molecule has 1 fully saturated rings. The number of aromatic nitrogens is 2. The molecule has 0 radical (unpaired) electrons. The summed E-state index contributed by atoms with van der Waals surface area (Å²) in [4.78, 5) is 14.0. The van der Waals surface area contributed by atoms with Crippen molar-refractivity contribution in [1.82, 2.24) is 14.7 Å². The maximum atomic E-state index is 12.5. The molecule has 0 N–H and O–H groups in total. The summed E-state index contributed by atoms with van der Waals surface area (Å²) in [6.07, 6.45) is 3.77. The number of nitrogens with zero attached hydrogens (tertiary/aromatic N) is 3. The van der Waals surface area contributed by atoms with Gasteiger partial charge in [-0.15, -0.1) is 0 Å². The first-order valence-electron chi connectivity index (χ1n) is 7.58. The fourth-order valence-corrected chi connectivity index (χ4v) is 4.66. The van der Waals surface area contributed by atoms with Crippen LogP contribution in [0, 0.1) is 0 Å². The van der Waals surface area contributed by atoms with Crippen LogP contribution < -0.4 is 0 Å². The van der Waals surface area contributed by atoms with Crippen LogP contribution in [0.3, 0.4) is 0 Å². The Morgan fingerprint density at radius 2 is 1.96 bits per heavy atom. The number of sulfone groups is 1. The zero-order valence-electron chi connectivity index (χ0n) is 12.7. The van der Waals surface area contributed by atoms with Crippen LogP contribution in [0.15, 0.2) is 48.8 Å². The first kappa shape index (κ1) is 15.7. The fourth-order valence-electron chi connectivity index (χ4n) is 2.87. The number of amides is 1. The van der Waals surface area contributed by atoms with E-state index in [9.17, 15) is 13.2 Å². The molecular formula is C16H19N3O3S. The van der Waals surface area contributed by atoms with Gasteiger partial charge in [-0.1, -0.05) is 30.3 Å². The van der Waals surface area contributed by atoms with E-state index in [1.807, 2.05) is 30.3 Å². The predicted molar refractivity (Wildman–Crippen MR) is 86.4 cm³/mol. The van der Waals surface area contributed by atoms with Crippen molar-refractivity contribution in [3.63, 3.8) is 0 Å². The minimum atomic E-state index is -3.26. The number of carbonyl (C=O) groups excluding carboxylic acids is 1. The van der Waals surface area contributed by atoms with Crippen molar-refractivity contribution < 1.29 is 13.2 Å². The molecule has 1 atom stereocenters. The van der Waals surface area contributed by atoms with E-state index in [4.69, 9.17) is 0 Å². The first-order chi connectivity index (χ1) is 11.1. The summed E-state index contributed by atoms with van der Waals surface area (Å²) in [6, 6.07) is 11.0. The van der Waals surface area contributed by atoms with Gasteiger partial charge >= 0.3 is 0 Å². The molecule has 1 unspecified atom stereocenters. The Kier molecular flexibility index (Phi) is 4.47. The highest BCUT2D eigenvalue weighted by Gasteiger charge is 2.32. The Hall–Kier alpha value is -2.15. The van der Waals surface area contributed by atoms with E-state index in [1.165, 1.54) is 0 Å². The maximum absolute atomic E-state index is 12.5. The van der Waals surface area contributed by atoms with Crippen molar-refractivity contribution in [3.05, 3.63) is 54.4 Å². The Bertz CT molecular complexity index is 757. The largest absolute Gasteiger partial charge is 0.340 e. The lowest BCUT2D eigenvalue weighted by Crippen LogP contribution is -2.36. The van der Waals surface area contributed by atoms with Crippen LogP contribution in [0.2, 0.25) is 0 Å². The van der Waals surface area contributed by atoms with Gasteiger partial charge in [0.2, 0.25) is 5.91 Å². The zero-order valence-corrected chi connectivity index (χ0v) is 13.5. The van der Waals surface area contributed by atoms with Crippen LogP contribution >= 0.6 is 0 Å². The highest BCUT2D eigenvalue weighted by molar-refractivity contribution is 7.91. The molecule has 122 valence electrons. The Morgan fingerprint density at radius 1 is 1.17 bits per heavy atom. The molecule has 1 aromatic carbocycles. The predicted octanol–water partition coefficient (Wildman–Crippen LogP) is 1.27. The van der Waals surface area contributed by atoms with E-state index in [0.717, 1.165) is 5.56 Å². The molecule has 1 aliphatic heterocycles. The van der Waals surface area contributed by atoms with Gasteiger partial charge in [0.05, 0.1) is 11.0 Å². The number of rotatable bonds is 3. The van der Waals surface area contributed by atoms with Crippen molar-refractivity contribution in [2.24, 2.45) is 0 Å².